The van der Waals surface area contributed by atoms with Crippen molar-refractivity contribution in [2.45, 2.75) is 30.8 Å². The van der Waals surface area contributed by atoms with Gasteiger partial charge in [-0.05, 0) is 49.7 Å². The quantitative estimate of drug-likeness (QED) is 0.366. The molecule has 0 amide bonds. The van der Waals surface area contributed by atoms with Gasteiger partial charge in [-0.2, -0.15) is 0 Å². The van der Waals surface area contributed by atoms with Gasteiger partial charge in [-0.1, -0.05) is 42.5 Å². The molecule has 2 aromatic heterocycles. The summed E-state index contributed by atoms with van der Waals surface area (Å²) in [4.78, 5) is 7.27. The average Bonchev–Trinajstić information content (AvgIpc) is 3.34. The summed E-state index contributed by atoms with van der Waals surface area (Å²) >= 11 is 0. The van der Waals surface area contributed by atoms with Gasteiger partial charge in [-0.25, -0.2) is 17.8 Å². The first-order valence-electron chi connectivity index (χ1n) is 10.4. The molecule has 0 radical (unpaired) electrons. The number of aromatic amines is 1. The number of imidazole rings is 1. The van der Waals surface area contributed by atoms with E-state index in [9.17, 15) is 12.8 Å². The van der Waals surface area contributed by atoms with Gasteiger partial charge in [0, 0.05) is 28.2 Å². The Morgan fingerprint density at radius 1 is 0.969 bits per heavy atom. The van der Waals surface area contributed by atoms with Crippen LogP contribution in [0.2, 0.25) is 0 Å². The van der Waals surface area contributed by atoms with Gasteiger partial charge in [-0.15, -0.1) is 0 Å². The Kier molecular flexibility index (Phi) is 4.86. The van der Waals surface area contributed by atoms with Crippen molar-refractivity contribution in [1.82, 2.24) is 14.5 Å². The van der Waals surface area contributed by atoms with Crippen LogP contribution in [-0.2, 0) is 15.6 Å². The maximum atomic E-state index is 13.6. The van der Waals surface area contributed by atoms with E-state index in [0.717, 1.165) is 22.0 Å². The topological polar surface area (TPSA) is 67.8 Å². The molecule has 7 heteroatoms. The minimum atomic E-state index is -3.78. The van der Waals surface area contributed by atoms with Crippen LogP contribution in [0, 0.1) is 5.82 Å². The number of benzene rings is 3. The average molecular weight is 448 g/mol. The number of halogens is 1. The Bertz CT molecular complexity index is 1510. The highest BCUT2D eigenvalue weighted by molar-refractivity contribution is 7.90. The second kappa shape index (κ2) is 7.60. The first-order valence-corrected chi connectivity index (χ1v) is 12.1. The van der Waals surface area contributed by atoms with Gasteiger partial charge in [0.05, 0.1) is 16.8 Å². The summed E-state index contributed by atoms with van der Waals surface area (Å²) in [5.41, 5.74) is 4.46. The third-order valence-corrected chi connectivity index (χ3v) is 7.09. The van der Waals surface area contributed by atoms with Crippen molar-refractivity contribution in [3.63, 3.8) is 0 Å². The van der Waals surface area contributed by atoms with Crippen molar-refractivity contribution in [3.05, 3.63) is 84.3 Å². The third kappa shape index (κ3) is 3.39. The van der Waals surface area contributed by atoms with E-state index in [0.29, 0.717) is 16.7 Å². The molecule has 0 aliphatic heterocycles. The molecule has 5 aromatic rings. The third-order valence-electron chi connectivity index (χ3n) is 5.65. The molecular weight excluding hydrogens is 425 g/mol. The number of H-pyrrole nitrogens is 1. The number of para-hydroxylation sites is 3. The number of sulfone groups is 1. The summed E-state index contributed by atoms with van der Waals surface area (Å²) < 4.78 is 42.7. The molecule has 2 heterocycles. The zero-order valence-electron chi connectivity index (χ0n) is 17.7. The van der Waals surface area contributed by atoms with E-state index in [-0.39, 0.29) is 22.8 Å². The molecular formula is C25H22FN3O2S. The zero-order valence-corrected chi connectivity index (χ0v) is 18.5. The van der Waals surface area contributed by atoms with Gasteiger partial charge in [0.15, 0.2) is 0 Å². The smallest absolute Gasteiger partial charge is 0.226 e. The van der Waals surface area contributed by atoms with Crippen molar-refractivity contribution in [1.29, 1.82) is 0 Å². The van der Waals surface area contributed by atoms with Crippen molar-refractivity contribution in [3.8, 4) is 11.1 Å². The monoisotopic (exact) mass is 447 g/mol. The first kappa shape index (κ1) is 20.5. The molecule has 0 atom stereocenters. The van der Waals surface area contributed by atoms with Crippen LogP contribution in [0.25, 0.3) is 33.1 Å². The fraction of sp³-hybridized carbons (Fsp3) is 0.160. The maximum absolute atomic E-state index is 13.6. The summed E-state index contributed by atoms with van der Waals surface area (Å²) in [5.74, 6) is -0.565. The van der Waals surface area contributed by atoms with Gasteiger partial charge in [0.1, 0.15) is 5.82 Å². The van der Waals surface area contributed by atoms with Gasteiger partial charge >= 0.3 is 0 Å². The van der Waals surface area contributed by atoms with Gasteiger partial charge in [-0.3, -0.25) is 0 Å². The zero-order chi connectivity index (χ0) is 22.5. The minimum Gasteiger partial charge on any atom is -0.340 e. The maximum Gasteiger partial charge on any atom is 0.226 e. The molecule has 0 aliphatic rings. The SMILES string of the molecule is CC(C)n1c(CS(=O)(=O)c2nc3ccccc3[nH]2)c(-c2ccc(F)cc2)c2ccccc21. The number of nitrogens with zero attached hydrogens (tertiary/aromatic N) is 2. The fourth-order valence-electron chi connectivity index (χ4n) is 4.31. The normalized spacial score (nSPS) is 12.2. The van der Waals surface area contributed by atoms with Crippen LogP contribution < -0.4 is 0 Å². The van der Waals surface area contributed by atoms with Crippen LogP contribution in [0.1, 0.15) is 25.6 Å². The van der Waals surface area contributed by atoms with Crippen LogP contribution in [0.3, 0.4) is 0 Å². The molecule has 5 rings (SSSR count). The second-order valence-corrected chi connectivity index (χ2v) is 10.0. The Hall–Kier alpha value is -3.45. The van der Waals surface area contributed by atoms with Crippen LogP contribution >= 0.6 is 0 Å². The Morgan fingerprint density at radius 2 is 1.66 bits per heavy atom. The summed E-state index contributed by atoms with van der Waals surface area (Å²) in [6.45, 7) is 4.05. The highest BCUT2D eigenvalue weighted by Gasteiger charge is 2.27. The van der Waals surface area contributed by atoms with E-state index < -0.39 is 9.84 Å². The first-order chi connectivity index (χ1) is 15.3. The predicted octanol–water partition coefficient (Wildman–Crippen LogP) is 5.88. The highest BCUT2D eigenvalue weighted by Crippen LogP contribution is 2.38. The van der Waals surface area contributed by atoms with E-state index in [2.05, 4.69) is 9.97 Å². The van der Waals surface area contributed by atoms with Crippen LogP contribution in [0.4, 0.5) is 4.39 Å². The van der Waals surface area contributed by atoms with E-state index >= 15 is 0 Å². The van der Waals surface area contributed by atoms with E-state index in [1.165, 1.54) is 12.1 Å². The van der Waals surface area contributed by atoms with Gasteiger partial charge < -0.3 is 9.55 Å². The lowest BCUT2D eigenvalue weighted by molar-refractivity contribution is 0.576. The molecule has 0 unspecified atom stereocenters. The number of hydrogen-bond donors (Lipinski definition) is 1. The molecule has 0 bridgehead atoms. The number of fused-ring (bicyclic) bond motifs is 2. The van der Waals surface area contributed by atoms with Crippen molar-refractivity contribution in [2.75, 3.05) is 0 Å². The molecule has 32 heavy (non-hydrogen) atoms. The number of rotatable bonds is 5. The molecule has 0 fully saturated rings. The van der Waals surface area contributed by atoms with E-state index in [4.69, 9.17) is 0 Å². The number of hydrogen-bond acceptors (Lipinski definition) is 3. The number of aromatic nitrogens is 3. The molecule has 5 nitrogen and oxygen atoms in total. The summed E-state index contributed by atoms with van der Waals surface area (Å²) in [6, 6.07) is 21.3. The minimum absolute atomic E-state index is 0.0231. The summed E-state index contributed by atoms with van der Waals surface area (Å²) in [5, 5.41) is 0.881. The van der Waals surface area contributed by atoms with Crippen molar-refractivity contribution < 1.29 is 12.8 Å². The molecule has 0 saturated heterocycles. The Morgan fingerprint density at radius 3 is 2.38 bits per heavy atom. The van der Waals surface area contributed by atoms with Gasteiger partial charge in [0.25, 0.3) is 0 Å². The highest BCUT2D eigenvalue weighted by atomic mass is 32.2. The fourth-order valence-corrected chi connectivity index (χ4v) is 5.59. The van der Waals surface area contributed by atoms with Crippen LogP contribution in [0.5, 0.6) is 0 Å². The molecule has 1 N–H and O–H groups in total. The summed E-state index contributed by atoms with van der Waals surface area (Å²) in [6.07, 6.45) is 0. The number of nitrogens with one attached hydrogen (secondary N) is 1. The van der Waals surface area contributed by atoms with Crippen LogP contribution in [-0.4, -0.2) is 23.0 Å². The molecule has 3 aromatic carbocycles. The standard InChI is InChI=1S/C25H22FN3O2S/c1-16(2)29-22-10-6-3-7-19(22)24(17-11-13-18(26)14-12-17)23(29)15-32(30,31)25-27-20-8-4-5-9-21(20)28-25/h3-14,16H,15H2,1-2H3,(H,27,28). The Balaban J connectivity index is 1.74. The lowest BCUT2D eigenvalue weighted by Crippen LogP contribution is -2.13. The second-order valence-electron chi connectivity index (χ2n) is 8.13. The van der Waals surface area contributed by atoms with Crippen LogP contribution in [0.15, 0.2) is 78.0 Å². The lowest BCUT2D eigenvalue weighted by atomic mass is 10.0. The molecule has 162 valence electrons. The Labute approximate surface area is 185 Å². The van der Waals surface area contributed by atoms with Crippen molar-refractivity contribution >= 4 is 31.8 Å². The largest absolute Gasteiger partial charge is 0.340 e. The summed E-state index contributed by atoms with van der Waals surface area (Å²) in [7, 11) is -3.78. The predicted molar refractivity (Wildman–Crippen MR) is 125 cm³/mol. The molecule has 0 spiro atoms. The molecule has 0 aliphatic carbocycles. The van der Waals surface area contributed by atoms with E-state index in [1.54, 1.807) is 24.3 Å². The lowest BCUT2D eigenvalue weighted by Gasteiger charge is -2.16. The van der Waals surface area contributed by atoms with Gasteiger partial charge in [0.2, 0.25) is 15.0 Å². The van der Waals surface area contributed by atoms with E-state index in [1.807, 2.05) is 54.8 Å². The molecule has 0 saturated carbocycles. The van der Waals surface area contributed by atoms with Crippen molar-refractivity contribution in [2.24, 2.45) is 0 Å².